The van der Waals surface area contributed by atoms with E-state index < -0.39 is 5.97 Å². The first kappa shape index (κ1) is 16.2. The van der Waals surface area contributed by atoms with Gasteiger partial charge in [-0.15, -0.1) is 0 Å². The van der Waals surface area contributed by atoms with Gasteiger partial charge in [-0.25, -0.2) is 4.98 Å². The largest absolute Gasteiger partial charge is 0.481 e. The standard InChI is InChI=1S/C18H21N3O3/c22-17(23)11-15-7-4-10-21(12-15)18-19-9-8-16(20-18)24-13-14-5-2-1-3-6-14/h1-3,5-6,8-9,15H,4,7,10-13H2,(H,22,23). The lowest BCUT2D eigenvalue weighted by Gasteiger charge is -2.32. The highest BCUT2D eigenvalue weighted by atomic mass is 16.5. The summed E-state index contributed by atoms with van der Waals surface area (Å²) in [5.74, 6) is 0.538. The molecule has 0 spiro atoms. The minimum atomic E-state index is -0.747. The molecule has 1 aliphatic rings. The lowest BCUT2D eigenvalue weighted by molar-refractivity contribution is -0.138. The minimum Gasteiger partial charge on any atom is -0.481 e. The molecule has 6 heteroatoms. The lowest BCUT2D eigenvalue weighted by atomic mass is 9.95. The molecule has 1 fully saturated rings. The number of carbonyl (C=O) groups is 1. The number of ether oxygens (including phenoxy) is 1. The molecule has 0 aliphatic carbocycles. The van der Waals surface area contributed by atoms with E-state index in [2.05, 4.69) is 9.97 Å². The zero-order chi connectivity index (χ0) is 16.8. The van der Waals surface area contributed by atoms with E-state index in [-0.39, 0.29) is 12.3 Å². The van der Waals surface area contributed by atoms with E-state index in [0.717, 1.165) is 24.9 Å². The van der Waals surface area contributed by atoms with Crippen LogP contribution in [-0.2, 0) is 11.4 Å². The van der Waals surface area contributed by atoms with E-state index in [4.69, 9.17) is 9.84 Å². The van der Waals surface area contributed by atoms with Gasteiger partial charge < -0.3 is 14.7 Å². The van der Waals surface area contributed by atoms with Gasteiger partial charge in [0.25, 0.3) is 0 Å². The molecule has 1 aromatic carbocycles. The highest BCUT2D eigenvalue weighted by molar-refractivity contribution is 5.67. The van der Waals surface area contributed by atoms with Gasteiger partial charge in [0.15, 0.2) is 0 Å². The van der Waals surface area contributed by atoms with E-state index in [0.29, 0.717) is 25.0 Å². The van der Waals surface area contributed by atoms with Crippen molar-refractivity contribution in [1.82, 2.24) is 9.97 Å². The quantitative estimate of drug-likeness (QED) is 0.879. The number of carboxylic acid groups (broad SMARTS) is 1. The average molecular weight is 327 g/mol. The predicted molar refractivity (Wildman–Crippen MR) is 90.0 cm³/mol. The van der Waals surface area contributed by atoms with E-state index in [1.807, 2.05) is 35.2 Å². The minimum absolute atomic E-state index is 0.147. The van der Waals surface area contributed by atoms with Crippen LogP contribution in [0, 0.1) is 5.92 Å². The van der Waals surface area contributed by atoms with Crippen LogP contribution in [0.4, 0.5) is 5.95 Å². The summed E-state index contributed by atoms with van der Waals surface area (Å²) in [6.07, 6.45) is 3.77. The third-order valence-electron chi connectivity index (χ3n) is 4.11. The van der Waals surface area contributed by atoms with E-state index in [1.54, 1.807) is 12.3 Å². The number of hydrogen-bond donors (Lipinski definition) is 1. The summed E-state index contributed by atoms with van der Waals surface area (Å²) in [7, 11) is 0. The maximum absolute atomic E-state index is 10.9. The number of anilines is 1. The van der Waals surface area contributed by atoms with E-state index in [1.165, 1.54) is 0 Å². The van der Waals surface area contributed by atoms with Crippen molar-refractivity contribution in [3.63, 3.8) is 0 Å². The molecule has 0 radical (unpaired) electrons. The van der Waals surface area contributed by atoms with Gasteiger partial charge in [0, 0.05) is 31.8 Å². The number of aliphatic carboxylic acids is 1. The smallest absolute Gasteiger partial charge is 0.303 e. The molecule has 1 unspecified atom stereocenters. The maximum Gasteiger partial charge on any atom is 0.303 e. The molecule has 1 atom stereocenters. The number of carboxylic acids is 1. The highest BCUT2D eigenvalue weighted by Gasteiger charge is 2.23. The Morgan fingerprint density at radius 1 is 1.29 bits per heavy atom. The molecule has 2 heterocycles. The summed E-state index contributed by atoms with van der Waals surface area (Å²) < 4.78 is 5.74. The van der Waals surface area contributed by atoms with Crippen molar-refractivity contribution in [3.8, 4) is 5.88 Å². The average Bonchev–Trinajstić information content (AvgIpc) is 2.61. The normalized spacial score (nSPS) is 17.5. The van der Waals surface area contributed by atoms with Crippen molar-refractivity contribution >= 4 is 11.9 Å². The molecule has 1 N–H and O–H groups in total. The van der Waals surface area contributed by atoms with Crippen LogP contribution in [0.5, 0.6) is 5.88 Å². The topological polar surface area (TPSA) is 75.5 Å². The zero-order valence-corrected chi connectivity index (χ0v) is 13.5. The number of nitrogens with zero attached hydrogens (tertiary/aromatic N) is 3. The van der Waals surface area contributed by atoms with Crippen LogP contribution in [0.3, 0.4) is 0 Å². The third-order valence-corrected chi connectivity index (χ3v) is 4.11. The van der Waals surface area contributed by atoms with Crippen molar-refractivity contribution in [3.05, 3.63) is 48.2 Å². The lowest BCUT2D eigenvalue weighted by Crippen LogP contribution is -2.37. The molecule has 126 valence electrons. The first-order valence-corrected chi connectivity index (χ1v) is 8.17. The summed E-state index contributed by atoms with van der Waals surface area (Å²) in [5.41, 5.74) is 1.08. The van der Waals surface area contributed by atoms with Crippen LogP contribution in [0.25, 0.3) is 0 Å². The van der Waals surface area contributed by atoms with Crippen molar-refractivity contribution in [2.75, 3.05) is 18.0 Å². The first-order chi connectivity index (χ1) is 11.7. The number of benzene rings is 1. The second-order valence-corrected chi connectivity index (χ2v) is 6.02. The fourth-order valence-electron chi connectivity index (χ4n) is 2.96. The van der Waals surface area contributed by atoms with Crippen LogP contribution in [0.15, 0.2) is 42.6 Å². The Bertz CT molecular complexity index is 678. The molecule has 0 amide bonds. The van der Waals surface area contributed by atoms with Gasteiger partial charge in [0.05, 0.1) is 0 Å². The molecule has 3 rings (SSSR count). The van der Waals surface area contributed by atoms with Crippen molar-refractivity contribution in [2.24, 2.45) is 5.92 Å². The maximum atomic E-state index is 10.9. The van der Waals surface area contributed by atoms with Gasteiger partial charge in [0.1, 0.15) is 6.61 Å². The molecule has 0 bridgehead atoms. The molecule has 6 nitrogen and oxygen atoms in total. The number of aromatic nitrogens is 2. The fourth-order valence-corrected chi connectivity index (χ4v) is 2.96. The monoisotopic (exact) mass is 327 g/mol. The van der Waals surface area contributed by atoms with Gasteiger partial charge in [-0.05, 0) is 24.3 Å². The van der Waals surface area contributed by atoms with Gasteiger partial charge in [0.2, 0.25) is 11.8 Å². The van der Waals surface area contributed by atoms with Crippen LogP contribution in [0.1, 0.15) is 24.8 Å². The molecular formula is C18H21N3O3. The molecule has 24 heavy (non-hydrogen) atoms. The van der Waals surface area contributed by atoms with Crippen molar-refractivity contribution in [1.29, 1.82) is 0 Å². The van der Waals surface area contributed by atoms with Gasteiger partial charge >= 0.3 is 5.97 Å². The Morgan fingerprint density at radius 2 is 2.12 bits per heavy atom. The van der Waals surface area contributed by atoms with E-state index >= 15 is 0 Å². The molecule has 1 saturated heterocycles. The molecular weight excluding hydrogens is 306 g/mol. The van der Waals surface area contributed by atoms with Crippen LogP contribution < -0.4 is 9.64 Å². The molecule has 1 aliphatic heterocycles. The summed E-state index contributed by atoms with van der Waals surface area (Å²) >= 11 is 0. The number of hydrogen-bond acceptors (Lipinski definition) is 5. The summed E-state index contributed by atoms with van der Waals surface area (Å²) in [5, 5.41) is 8.98. The molecule has 1 aromatic heterocycles. The Kier molecular flexibility index (Phi) is 5.25. The van der Waals surface area contributed by atoms with E-state index in [9.17, 15) is 4.79 Å². The second kappa shape index (κ2) is 7.77. The van der Waals surface area contributed by atoms with Gasteiger partial charge in [-0.1, -0.05) is 30.3 Å². The molecule has 2 aromatic rings. The van der Waals surface area contributed by atoms with Crippen LogP contribution in [-0.4, -0.2) is 34.1 Å². The Morgan fingerprint density at radius 3 is 2.92 bits per heavy atom. The van der Waals surface area contributed by atoms with Crippen LogP contribution in [0.2, 0.25) is 0 Å². The SMILES string of the molecule is O=C(O)CC1CCCN(c2nccc(OCc3ccccc3)n2)C1. The third kappa shape index (κ3) is 4.44. The predicted octanol–water partition coefficient (Wildman–Crippen LogP) is 2.75. The van der Waals surface area contributed by atoms with Crippen molar-refractivity contribution < 1.29 is 14.6 Å². The van der Waals surface area contributed by atoms with Crippen molar-refractivity contribution in [2.45, 2.75) is 25.9 Å². The fraction of sp³-hybridized carbons (Fsp3) is 0.389. The van der Waals surface area contributed by atoms with Gasteiger partial charge in [-0.2, -0.15) is 4.98 Å². The Hall–Kier alpha value is -2.63. The van der Waals surface area contributed by atoms with Gasteiger partial charge in [-0.3, -0.25) is 4.79 Å². The van der Waals surface area contributed by atoms with Crippen LogP contribution >= 0.6 is 0 Å². The summed E-state index contributed by atoms with van der Waals surface area (Å²) in [6.45, 7) is 1.98. The second-order valence-electron chi connectivity index (χ2n) is 6.02. The zero-order valence-electron chi connectivity index (χ0n) is 13.5. The highest BCUT2D eigenvalue weighted by Crippen LogP contribution is 2.23. The Labute approximate surface area is 141 Å². The summed E-state index contributed by atoms with van der Waals surface area (Å²) in [4.78, 5) is 21.8. The number of rotatable bonds is 6. The summed E-state index contributed by atoms with van der Waals surface area (Å²) in [6, 6.07) is 11.7. The molecule has 0 saturated carbocycles. The number of piperidine rings is 1. The first-order valence-electron chi connectivity index (χ1n) is 8.17. The Balaban J connectivity index is 1.63.